The van der Waals surface area contributed by atoms with Crippen LogP contribution in [0.3, 0.4) is 0 Å². The molecule has 1 aliphatic carbocycles. The van der Waals surface area contributed by atoms with Gasteiger partial charge in [-0.2, -0.15) is 4.99 Å². The van der Waals surface area contributed by atoms with Crippen LogP contribution in [0.5, 0.6) is 0 Å². The van der Waals surface area contributed by atoms with Crippen molar-refractivity contribution in [3.05, 3.63) is 35.6 Å². The minimum atomic E-state index is -0.208. The summed E-state index contributed by atoms with van der Waals surface area (Å²) >= 11 is 0. The average molecular weight is 277 g/mol. The number of benzene rings is 1. The molecule has 2 rings (SSSR count). The predicted octanol–water partition coefficient (Wildman–Crippen LogP) is 1.13. The minimum Gasteiger partial charge on any atom is -0.370 e. The van der Waals surface area contributed by atoms with E-state index in [1.807, 2.05) is 6.07 Å². The largest absolute Gasteiger partial charge is 0.370 e. The molecule has 5 nitrogen and oxygen atoms in total. The molecule has 20 heavy (non-hydrogen) atoms. The molecule has 6 N–H and O–H groups in total. The molecular weight excluding hydrogens is 257 g/mol. The Balaban J connectivity index is 2.06. The highest BCUT2D eigenvalue weighted by Crippen LogP contribution is 2.31. The smallest absolute Gasteiger partial charge is 0.218 e. The first-order chi connectivity index (χ1) is 9.54. The van der Waals surface area contributed by atoms with Gasteiger partial charge in [-0.1, -0.05) is 18.6 Å². The Hall–Kier alpha value is -2.11. The molecule has 0 aliphatic heterocycles. The summed E-state index contributed by atoms with van der Waals surface area (Å²) in [5, 5.41) is 0. The lowest BCUT2D eigenvalue weighted by atomic mass is 9.95. The summed E-state index contributed by atoms with van der Waals surface area (Å²) in [6.07, 6.45) is 3.89. The van der Waals surface area contributed by atoms with Crippen LogP contribution in [0.1, 0.15) is 24.8 Å². The molecule has 0 radical (unpaired) electrons. The number of hydrogen-bond donors (Lipinski definition) is 3. The van der Waals surface area contributed by atoms with Crippen LogP contribution in [0, 0.1) is 11.7 Å². The van der Waals surface area contributed by atoms with E-state index < -0.39 is 0 Å². The van der Waals surface area contributed by atoms with Crippen molar-refractivity contribution in [3.63, 3.8) is 0 Å². The van der Waals surface area contributed by atoms with Crippen LogP contribution in [-0.4, -0.2) is 18.0 Å². The maximum absolute atomic E-state index is 13.2. The van der Waals surface area contributed by atoms with Crippen molar-refractivity contribution in [1.82, 2.24) is 0 Å². The van der Waals surface area contributed by atoms with E-state index in [1.54, 1.807) is 12.1 Å². The molecule has 0 bridgehead atoms. The Labute approximate surface area is 117 Å². The van der Waals surface area contributed by atoms with E-state index in [-0.39, 0.29) is 23.8 Å². The standard InChI is InChI=1S/C14H20FN5/c15-11-5-1-3-9(8-11)7-10-4-2-6-12(10)19-14(18)20-13(16)17/h1,3,5,8,10,12H,2,4,6-7H2,(H6,16,17,18,19,20). The number of hydrogen-bond acceptors (Lipinski definition) is 1. The molecule has 2 unspecified atom stereocenters. The number of guanidine groups is 2. The molecule has 1 aliphatic rings. The first-order valence-electron chi connectivity index (χ1n) is 6.72. The molecule has 108 valence electrons. The summed E-state index contributed by atoms with van der Waals surface area (Å²) in [7, 11) is 0. The van der Waals surface area contributed by atoms with Gasteiger partial charge in [-0.15, -0.1) is 0 Å². The van der Waals surface area contributed by atoms with Gasteiger partial charge in [-0.05, 0) is 42.9 Å². The lowest BCUT2D eigenvalue weighted by Crippen LogP contribution is -2.27. The van der Waals surface area contributed by atoms with Gasteiger partial charge < -0.3 is 17.2 Å². The molecule has 6 heteroatoms. The number of rotatable bonds is 3. The fraction of sp³-hybridized carbons (Fsp3) is 0.429. The molecular formula is C14H20FN5. The molecule has 0 spiro atoms. The molecule has 0 saturated heterocycles. The van der Waals surface area contributed by atoms with Gasteiger partial charge >= 0.3 is 0 Å². The number of nitrogens with zero attached hydrogens (tertiary/aromatic N) is 2. The lowest BCUT2D eigenvalue weighted by molar-refractivity contribution is 0.479. The van der Waals surface area contributed by atoms with Gasteiger partial charge in [-0.25, -0.2) is 9.38 Å². The fourth-order valence-electron chi connectivity index (χ4n) is 2.72. The molecule has 1 fully saturated rings. The highest BCUT2D eigenvalue weighted by Gasteiger charge is 2.27. The van der Waals surface area contributed by atoms with E-state index in [1.165, 1.54) is 6.07 Å². The zero-order valence-corrected chi connectivity index (χ0v) is 11.3. The Bertz CT molecular complexity index is 522. The van der Waals surface area contributed by atoms with Gasteiger partial charge in [0.1, 0.15) is 5.82 Å². The molecule has 0 aromatic heterocycles. The van der Waals surface area contributed by atoms with E-state index >= 15 is 0 Å². The van der Waals surface area contributed by atoms with Gasteiger partial charge in [0.05, 0.1) is 6.04 Å². The summed E-state index contributed by atoms with van der Waals surface area (Å²) in [6, 6.07) is 6.78. The van der Waals surface area contributed by atoms with Crippen molar-refractivity contribution in [2.75, 3.05) is 0 Å². The van der Waals surface area contributed by atoms with Crippen LogP contribution < -0.4 is 17.2 Å². The quantitative estimate of drug-likeness (QED) is 0.570. The average Bonchev–Trinajstić information content (AvgIpc) is 2.75. The number of nitrogens with two attached hydrogens (primary N) is 3. The first-order valence-corrected chi connectivity index (χ1v) is 6.72. The van der Waals surface area contributed by atoms with E-state index in [0.717, 1.165) is 31.2 Å². The molecule has 1 aromatic carbocycles. The van der Waals surface area contributed by atoms with E-state index in [4.69, 9.17) is 17.2 Å². The Morgan fingerprint density at radius 3 is 2.75 bits per heavy atom. The zero-order valence-electron chi connectivity index (χ0n) is 11.3. The molecule has 0 amide bonds. The van der Waals surface area contributed by atoms with Gasteiger partial charge in [0, 0.05) is 0 Å². The second-order valence-electron chi connectivity index (χ2n) is 5.12. The van der Waals surface area contributed by atoms with Crippen molar-refractivity contribution >= 4 is 11.9 Å². The summed E-state index contributed by atoms with van der Waals surface area (Å²) in [5.74, 6) is 0.164. The molecule has 0 heterocycles. The minimum absolute atomic E-state index is 0.0917. The normalized spacial score (nSPS) is 22.8. The zero-order chi connectivity index (χ0) is 14.5. The number of halogens is 1. The third-order valence-corrected chi connectivity index (χ3v) is 3.55. The Morgan fingerprint density at radius 2 is 2.05 bits per heavy atom. The highest BCUT2D eigenvalue weighted by atomic mass is 19.1. The Morgan fingerprint density at radius 1 is 1.25 bits per heavy atom. The van der Waals surface area contributed by atoms with Gasteiger partial charge in [0.2, 0.25) is 5.96 Å². The van der Waals surface area contributed by atoms with Crippen LogP contribution in [-0.2, 0) is 6.42 Å². The van der Waals surface area contributed by atoms with Crippen molar-refractivity contribution in [2.24, 2.45) is 33.1 Å². The summed E-state index contributed by atoms with van der Waals surface area (Å²) in [6.45, 7) is 0. The van der Waals surface area contributed by atoms with Gasteiger partial charge in [0.25, 0.3) is 0 Å². The first kappa shape index (κ1) is 14.3. The van der Waals surface area contributed by atoms with Crippen LogP contribution in [0.4, 0.5) is 4.39 Å². The second kappa shape index (κ2) is 6.36. The predicted molar refractivity (Wildman–Crippen MR) is 78.7 cm³/mol. The van der Waals surface area contributed by atoms with E-state index in [0.29, 0.717) is 5.92 Å². The molecule has 1 aromatic rings. The molecule has 2 atom stereocenters. The van der Waals surface area contributed by atoms with Crippen molar-refractivity contribution in [2.45, 2.75) is 31.7 Å². The maximum atomic E-state index is 13.2. The van der Waals surface area contributed by atoms with Crippen LogP contribution in [0.2, 0.25) is 0 Å². The topological polar surface area (TPSA) is 103 Å². The summed E-state index contributed by atoms with van der Waals surface area (Å²) in [5.41, 5.74) is 17.2. The monoisotopic (exact) mass is 277 g/mol. The summed E-state index contributed by atoms with van der Waals surface area (Å²) < 4.78 is 13.2. The van der Waals surface area contributed by atoms with Crippen molar-refractivity contribution < 1.29 is 4.39 Å². The highest BCUT2D eigenvalue weighted by molar-refractivity contribution is 5.92. The lowest BCUT2D eigenvalue weighted by Gasteiger charge is -2.16. The van der Waals surface area contributed by atoms with Crippen LogP contribution in [0.25, 0.3) is 0 Å². The van der Waals surface area contributed by atoms with Gasteiger partial charge in [0.15, 0.2) is 5.96 Å². The van der Waals surface area contributed by atoms with E-state index in [2.05, 4.69) is 9.98 Å². The second-order valence-corrected chi connectivity index (χ2v) is 5.12. The van der Waals surface area contributed by atoms with Crippen LogP contribution >= 0.6 is 0 Å². The summed E-state index contributed by atoms with van der Waals surface area (Å²) in [4.78, 5) is 8.11. The van der Waals surface area contributed by atoms with Crippen molar-refractivity contribution in [3.8, 4) is 0 Å². The third-order valence-electron chi connectivity index (χ3n) is 3.55. The molecule has 1 saturated carbocycles. The van der Waals surface area contributed by atoms with Gasteiger partial charge in [-0.3, -0.25) is 0 Å². The fourth-order valence-corrected chi connectivity index (χ4v) is 2.72. The Kier molecular flexibility index (Phi) is 4.55. The maximum Gasteiger partial charge on any atom is 0.218 e. The SMILES string of the molecule is NC(N)=NC(N)=NC1CCCC1Cc1cccc(F)c1. The van der Waals surface area contributed by atoms with E-state index in [9.17, 15) is 4.39 Å². The number of aliphatic imine (C=N–C) groups is 2. The van der Waals surface area contributed by atoms with Crippen molar-refractivity contribution in [1.29, 1.82) is 0 Å². The van der Waals surface area contributed by atoms with Crippen LogP contribution in [0.15, 0.2) is 34.3 Å². The third kappa shape index (κ3) is 3.94.